The van der Waals surface area contributed by atoms with E-state index >= 15 is 0 Å². The average molecular weight is 418 g/mol. The Hall–Kier alpha value is -2.96. The molecule has 0 bridgehead atoms. The van der Waals surface area contributed by atoms with Crippen LogP contribution in [0.3, 0.4) is 0 Å². The molecule has 0 atom stereocenters. The predicted molar refractivity (Wildman–Crippen MR) is 120 cm³/mol. The normalized spacial score (nSPS) is 15.5. The third-order valence-corrected chi connectivity index (χ3v) is 6.56. The summed E-state index contributed by atoms with van der Waals surface area (Å²) in [5.74, 6) is 0.832. The first-order valence-corrected chi connectivity index (χ1v) is 11.1. The van der Waals surface area contributed by atoms with Crippen LogP contribution in [-0.2, 0) is 6.54 Å². The first kappa shape index (κ1) is 19.0. The van der Waals surface area contributed by atoms with Crippen LogP contribution in [0, 0.1) is 0 Å². The molecule has 0 spiro atoms. The molecule has 152 valence electrons. The highest BCUT2D eigenvalue weighted by Crippen LogP contribution is 2.31. The number of nitrogens with zero attached hydrogens (tertiary/aromatic N) is 2. The Balaban J connectivity index is 1.17. The molecule has 4 aromatic rings. The van der Waals surface area contributed by atoms with Gasteiger partial charge < -0.3 is 9.73 Å². The lowest BCUT2D eigenvalue weighted by molar-refractivity contribution is 0.0882. The van der Waals surface area contributed by atoms with Crippen LogP contribution < -0.4 is 5.32 Å². The highest BCUT2D eigenvalue weighted by atomic mass is 32.1. The van der Waals surface area contributed by atoms with Crippen LogP contribution in [0.5, 0.6) is 0 Å². The second-order valence-electron chi connectivity index (χ2n) is 7.66. The monoisotopic (exact) mass is 417 g/mol. The number of hydrogen-bond donors (Lipinski definition) is 1. The second-order valence-corrected chi connectivity index (χ2v) is 8.69. The summed E-state index contributed by atoms with van der Waals surface area (Å²) in [6, 6.07) is 22.3. The zero-order chi connectivity index (χ0) is 20.3. The lowest BCUT2D eigenvalue weighted by Gasteiger charge is -2.32. The van der Waals surface area contributed by atoms with Crippen LogP contribution in [0.4, 0.5) is 0 Å². The van der Waals surface area contributed by atoms with Crippen molar-refractivity contribution in [3.8, 4) is 10.8 Å². The fourth-order valence-corrected chi connectivity index (χ4v) is 4.81. The number of aromatic nitrogens is 1. The molecule has 30 heavy (non-hydrogen) atoms. The Morgan fingerprint density at radius 3 is 2.60 bits per heavy atom. The van der Waals surface area contributed by atoms with Crippen molar-refractivity contribution in [2.24, 2.45) is 0 Å². The molecule has 1 saturated heterocycles. The van der Waals surface area contributed by atoms with Gasteiger partial charge in [0.1, 0.15) is 0 Å². The standard InChI is InChI=1S/C24H23N3O2S/c28-23(25-18-12-14-27(15-13-18)16-17-6-2-1-3-7-17)20-10-11-21(29-20)24-26-19-8-4-5-9-22(19)30-24/h1-11,18H,12-16H2,(H,25,28). The number of fused-ring (bicyclic) bond motifs is 1. The molecule has 6 heteroatoms. The largest absolute Gasteiger partial charge is 0.448 e. The van der Waals surface area contributed by atoms with Gasteiger partial charge in [-0.15, -0.1) is 11.3 Å². The number of furan rings is 1. The number of carbonyl (C=O) groups excluding carboxylic acids is 1. The van der Waals surface area contributed by atoms with Gasteiger partial charge in [0.05, 0.1) is 10.2 Å². The topological polar surface area (TPSA) is 58.4 Å². The molecule has 0 saturated carbocycles. The summed E-state index contributed by atoms with van der Waals surface area (Å²) >= 11 is 1.57. The van der Waals surface area contributed by atoms with Crippen LogP contribution >= 0.6 is 11.3 Å². The number of carbonyl (C=O) groups is 1. The Morgan fingerprint density at radius 1 is 1.03 bits per heavy atom. The summed E-state index contributed by atoms with van der Waals surface area (Å²) in [4.78, 5) is 19.7. The molecule has 1 fully saturated rings. The summed E-state index contributed by atoms with van der Waals surface area (Å²) in [5.41, 5.74) is 2.28. The van der Waals surface area contributed by atoms with E-state index in [4.69, 9.17) is 4.42 Å². The van der Waals surface area contributed by atoms with Gasteiger partial charge in [0, 0.05) is 25.7 Å². The Kier molecular flexibility index (Phi) is 5.34. The molecule has 5 rings (SSSR count). The first-order chi connectivity index (χ1) is 14.7. The average Bonchev–Trinajstić information content (AvgIpc) is 3.43. The van der Waals surface area contributed by atoms with E-state index in [9.17, 15) is 4.79 Å². The zero-order valence-corrected chi connectivity index (χ0v) is 17.4. The van der Waals surface area contributed by atoms with Gasteiger partial charge in [-0.2, -0.15) is 0 Å². The Bertz CT molecular complexity index is 1110. The molecule has 1 amide bonds. The van der Waals surface area contributed by atoms with Gasteiger partial charge in [-0.1, -0.05) is 42.5 Å². The quantitative estimate of drug-likeness (QED) is 0.499. The van der Waals surface area contributed by atoms with Crippen LogP contribution in [0.25, 0.3) is 21.0 Å². The van der Waals surface area contributed by atoms with E-state index in [2.05, 4.69) is 39.5 Å². The summed E-state index contributed by atoms with van der Waals surface area (Å²) < 4.78 is 6.94. The van der Waals surface area contributed by atoms with Crippen molar-refractivity contribution in [3.63, 3.8) is 0 Å². The van der Waals surface area contributed by atoms with Crippen LogP contribution in [0.15, 0.2) is 71.1 Å². The third-order valence-electron chi connectivity index (χ3n) is 5.51. The van der Waals surface area contributed by atoms with Gasteiger partial charge in [0.15, 0.2) is 16.5 Å². The van der Waals surface area contributed by atoms with Crippen LogP contribution in [-0.4, -0.2) is 34.9 Å². The summed E-state index contributed by atoms with van der Waals surface area (Å²) in [6.45, 7) is 2.93. The van der Waals surface area contributed by atoms with E-state index in [1.54, 1.807) is 17.4 Å². The smallest absolute Gasteiger partial charge is 0.287 e. The van der Waals surface area contributed by atoms with Gasteiger partial charge in [-0.05, 0) is 42.7 Å². The highest BCUT2D eigenvalue weighted by Gasteiger charge is 2.23. The van der Waals surface area contributed by atoms with Crippen molar-refractivity contribution >= 4 is 27.5 Å². The van der Waals surface area contributed by atoms with E-state index in [0.717, 1.165) is 47.7 Å². The first-order valence-electron chi connectivity index (χ1n) is 10.3. The number of benzene rings is 2. The highest BCUT2D eigenvalue weighted by molar-refractivity contribution is 7.21. The molecule has 0 unspecified atom stereocenters. The van der Waals surface area contributed by atoms with E-state index in [1.807, 2.05) is 36.4 Å². The molecule has 5 nitrogen and oxygen atoms in total. The second kappa shape index (κ2) is 8.42. The maximum atomic E-state index is 12.7. The minimum atomic E-state index is -0.149. The van der Waals surface area contributed by atoms with Crippen molar-refractivity contribution in [2.75, 3.05) is 13.1 Å². The number of rotatable bonds is 5. The summed E-state index contributed by atoms with van der Waals surface area (Å²) in [7, 11) is 0. The van der Waals surface area contributed by atoms with Gasteiger partial charge in [-0.3, -0.25) is 9.69 Å². The van der Waals surface area contributed by atoms with E-state index in [0.29, 0.717) is 11.5 Å². The van der Waals surface area contributed by atoms with Crippen molar-refractivity contribution < 1.29 is 9.21 Å². The molecule has 3 heterocycles. The van der Waals surface area contributed by atoms with Crippen molar-refractivity contribution in [2.45, 2.75) is 25.4 Å². The van der Waals surface area contributed by atoms with Gasteiger partial charge >= 0.3 is 0 Å². The van der Waals surface area contributed by atoms with Crippen molar-refractivity contribution in [3.05, 3.63) is 78.1 Å². The summed E-state index contributed by atoms with van der Waals surface area (Å²) in [5, 5.41) is 3.93. The van der Waals surface area contributed by atoms with Gasteiger partial charge in [0.2, 0.25) is 0 Å². The number of hydrogen-bond acceptors (Lipinski definition) is 5. The summed E-state index contributed by atoms with van der Waals surface area (Å²) in [6.07, 6.45) is 1.90. The number of nitrogens with one attached hydrogen (secondary N) is 1. The molecule has 1 aliphatic rings. The Labute approximate surface area is 179 Å². The van der Waals surface area contributed by atoms with Gasteiger partial charge in [0.25, 0.3) is 5.91 Å². The van der Waals surface area contributed by atoms with E-state index < -0.39 is 0 Å². The number of piperidine rings is 1. The molecule has 1 N–H and O–H groups in total. The number of para-hydroxylation sites is 1. The van der Waals surface area contributed by atoms with Crippen molar-refractivity contribution in [1.29, 1.82) is 0 Å². The molecule has 0 radical (unpaired) electrons. The lowest BCUT2D eigenvalue weighted by atomic mass is 10.0. The third kappa shape index (κ3) is 4.15. The maximum absolute atomic E-state index is 12.7. The molecular weight excluding hydrogens is 394 g/mol. The molecular formula is C24H23N3O2S. The van der Waals surface area contributed by atoms with Gasteiger partial charge in [-0.25, -0.2) is 4.98 Å². The molecule has 0 aliphatic carbocycles. The van der Waals surface area contributed by atoms with Crippen LogP contribution in [0.1, 0.15) is 29.0 Å². The predicted octanol–water partition coefficient (Wildman–Crippen LogP) is 4.95. The SMILES string of the molecule is O=C(NC1CCN(Cc2ccccc2)CC1)c1ccc(-c2nc3ccccc3s2)o1. The number of amides is 1. The molecule has 2 aromatic carbocycles. The number of likely N-dealkylation sites (tertiary alicyclic amines) is 1. The minimum absolute atomic E-state index is 0.149. The van der Waals surface area contributed by atoms with Crippen LogP contribution in [0.2, 0.25) is 0 Å². The van der Waals surface area contributed by atoms with E-state index in [1.165, 1.54) is 5.56 Å². The Morgan fingerprint density at radius 2 is 1.80 bits per heavy atom. The fraction of sp³-hybridized carbons (Fsp3) is 0.250. The van der Waals surface area contributed by atoms with Crippen molar-refractivity contribution in [1.82, 2.24) is 15.2 Å². The maximum Gasteiger partial charge on any atom is 0.287 e. The molecule has 2 aromatic heterocycles. The molecule has 1 aliphatic heterocycles. The number of thiazole rings is 1. The lowest BCUT2D eigenvalue weighted by Crippen LogP contribution is -2.44. The van der Waals surface area contributed by atoms with E-state index in [-0.39, 0.29) is 11.9 Å². The fourth-order valence-electron chi connectivity index (χ4n) is 3.89. The zero-order valence-electron chi connectivity index (χ0n) is 16.6. The minimum Gasteiger partial charge on any atom is -0.448 e.